The van der Waals surface area contributed by atoms with Gasteiger partial charge in [0, 0.05) is 0 Å². The van der Waals surface area contributed by atoms with Crippen LogP contribution < -0.4 is 10.2 Å². The maximum absolute atomic E-state index is 5.22. The Morgan fingerprint density at radius 2 is 1.88 bits per heavy atom. The molecule has 0 saturated carbocycles. The lowest BCUT2D eigenvalue weighted by Crippen LogP contribution is -2.37. The molecule has 0 heterocycles. The quantitative estimate of drug-likeness (QED) is 0.649. The van der Waals surface area contributed by atoms with Crippen LogP contribution >= 0.6 is 0 Å². The second kappa shape index (κ2) is 7.34. The molecule has 1 aromatic carbocycles. The predicted octanol–water partition coefficient (Wildman–Crippen LogP) is 2.06. The number of nitrogens with zero attached hydrogens (tertiary/aromatic N) is 1. The average molecular weight is 218 g/mol. The maximum atomic E-state index is 5.22. The first-order chi connectivity index (χ1) is 7.80. The van der Waals surface area contributed by atoms with E-state index in [0.29, 0.717) is 0 Å². The Balaban J connectivity index is 2.60. The number of methoxy groups -OCH3 is 1. The molecular formula is C13H21BNO. The Morgan fingerprint density at radius 1 is 1.19 bits per heavy atom. The summed E-state index contributed by atoms with van der Waals surface area (Å²) in [6.07, 6.45) is 2.36. The molecule has 0 aliphatic rings. The molecule has 0 saturated heterocycles. The fraction of sp³-hybridized carbons (Fsp3) is 0.538. The van der Waals surface area contributed by atoms with Crippen molar-refractivity contribution < 1.29 is 4.74 Å². The Labute approximate surface area is 99.9 Å². The van der Waals surface area contributed by atoms with Crippen molar-refractivity contribution in [2.75, 3.05) is 20.2 Å². The highest BCUT2D eigenvalue weighted by Gasteiger charge is 2.06. The minimum atomic E-state index is 0.918. The van der Waals surface area contributed by atoms with Gasteiger partial charge in [-0.15, -0.1) is 0 Å². The first-order valence-corrected chi connectivity index (χ1v) is 6.03. The lowest BCUT2D eigenvalue weighted by Gasteiger charge is -2.20. The Hall–Kier alpha value is -0.955. The summed E-state index contributed by atoms with van der Waals surface area (Å²) in [7, 11) is 3.92. The highest BCUT2D eigenvalue weighted by atomic mass is 16.5. The van der Waals surface area contributed by atoms with E-state index in [-0.39, 0.29) is 0 Å². The zero-order valence-corrected chi connectivity index (χ0v) is 10.6. The van der Waals surface area contributed by atoms with Gasteiger partial charge in [0.1, 0.15) is 5.75 Å². The molecule has 0 aliphatic heterocycles. The van der Waals surface area contributed by atoms with Crippen LogP contribution in [0.15, 0.2) is 24.3 Å². The number of benzene rings is 1. The summed E-state index contributed by atoms with van der Waals surface area (Å²) in [5, 5.41) is 0. The van der Waals surface area contributed by atoms with E-state index in [9.17, 15) is 0 Å². The normalized spacial score (nSPS) is 10.5. The third-order valence-corrected chi connectivity index (χ3v) is 2.45. The zero-order chi connectivity index (χ0) is 11.8. The van der Waals surface area contributed by atoms with Crippen LogP contribution in [0.2, 0.25) is 0 Å². The van der Waals surface area contributed by atoms with Gasteiger partial charge in [-0.3, -0.25) is 0 Å². The molecule has 0 amide bonds. The third-order valence-electron chi connectivity index (χ3n) is 2.45. The largest absolute Gasteiger partial charge is 0.497 e. The molecule has 0 atom stereocenters. The molecule has 0 bridgehead atoms. The standard InChI is InChI=1S/C13H21BNO/c1-4-9-15(10-5-2)14-12-7-6-8-13(11-12)16-3/h6-8,11H,4-5,9-10H2,1-3H3. The van der Waals surface area contributed by atoms with Crippen molar-refractivity contribution in [2.24, 2.45) is 0 Å². The minimum absolute atomic E-state index is 0.918. The van der Waals surface area contributed by atoms with Gasteiger partial charge in [-0.1, -0.05) is 31.4 Å². The van der Waals surface area contributed by atoms with E-state index < -0.39 is 0 Å². The van der Waals surface area contributed by atoms with Crippen LogP contribution in [0.25, 0.3) is 0 Å². The second-order valence-corrected chi connectivity index (χ2v) is 3.94. The summed E-state index contributed by atoms with van der Waals surface area (Å²) < 4.78 is 5.22. The lowest BCUT2D eigenvalue weighted by atomic mass is 9.80. The smallest absolute Gasteiger partial charge is 0.247 e. The van der Waals surface area contributed by atoms with Crippen molar-refractivity contribution >= 4 is 12.9 Å². The molecule has 1 rings (SSSR count). The van der Waals surface area contributed by atoms with E-state index in [0.717, 1.165) is 18.8 Å². The molecule has 0 fully saturated rings. The lowest BCUT2D eigenvalue weighted by molar-refractivity contribution is 0.415. The van der Waals surface area contributed by atoms with Crippen LogP contribution in [0.4, 0.5) is 0 Å². The van der Waals surface area contributed by atoms with Crippen molar-refractivity contribution in [3.8, 4) is 5.75 Å². The number of hydrogen-bond acceptors (Lipinski definition) is 2. The highest BCUT2D eigenvalue weighted by Crippen LogP contribution is 2.05. The highest BCUT2D eigenvalue weighted by molar-refractivity contribution is 6.50. The molecule has 87 valence electrons. The maximum Gasteiger partial charge on any atom is 0.247 e. The predicted molar refractivity (Wildman–Crippen MR) is 70.5 cm³/mol. The molecular weight excluding hydrogens is 197 g/mol. The van der Waals surface area contributed by atoms with Crippen molar-refractivity contribution in [1.82, 2.24) is 4.81 Å². The summed E-state index contributed by atoms with van der Waals surface area (Å²) in [6, 6.07) is 8.18. The molecule has 0 N–H and O–H groups in total. The zero-order valence-electron chi connectivity index (χ0n) is 10.6. The number of rotatable bonds is 7. The van der Waals surface area contributed by atoms with Crippen molar-refractivity contribution in [3.63, 3.8) is 0 Å². The monoisotopic (exact) mass is 218 g/mol. The summed E-state index contributed by atoms with van der Waals surface area (Å²) in [5.41, 5.74) is 1.21. The van der Waals surface area contributed by atoms with Gasteiger partial charge >= 0.3 is 0 Å². The molecule has 0 aromatic heterocycles. The van der Waals surface area contributed by atoms with Gasteiger partial charge in [0.25, 0.3) is 0 Å². The van der Waals surface area contributed by atoms with Crippen molar-refractivity contribution in [1.29, 1.82) is 0 Å². The fourth-order valence-electron chi connectivity index (χ4n) is 1.75. The van der Waals surface area contributed by atoms with E-state index in [2.05, 4.69) is 38.2 Å². The van der Waals surface area contributed by atoms with Gasteiger partial charge in [-0.05, 0) is 38.1 Å². The van der Waals surface area contributed by atoms with E-state index in [1.54, 1.807) is 7.11 Å². The first kappa shape index (κ1) is 13.1. The summed E-state index contributed by atoms with van der Waals surface area (Å²) in [5.74, 6) is 0.918. The first-order valence-electron chi connectivity index (χ1n) is 6.03. The van der Waals surface area contributed by atoms with Crippen LogP contribution in [0.5, 0.6) is 5.75 Å². The van der Waals surface area contributed by atoms with Crippen LogP contribution in [-0.4, -0.2) is 32.4 Å². The van der Waals surface area contributed by atoms with E-state index in [4.69, 9.17) is 4.74 Å². The number of ether oxygens (including phenoxy) is 1. The Morgan fingerprint density at radius 3 is 2.44 bits per heavy atom. The van der Waals surface area contributed by atoms with Gasteiger partial charge in [-0.2, -0.15) is 0 Å². The van der Waals surface area contributed by atoms with Crippen LogP contribution in [0, 0.1) is 0 Å². The van der Waals surface area contributed by atoms with Crippen LogP contribution in [-0.2, 0) is 0 Å². The van der Waals surface area contributed by atoms with Gasteiger partial charge in [-0.25, -0.2) is 0 Å². The number of hydrogen-bond donors (Lipinski definition) is 0. The molecule has 0 spiro atoms. The average Bonchev–Trinajstić information content (AvgIpc) is 2.30. The van der Waals surface area contributed by atoms with Crippen molar-refractivity contribution in [2.45, 2.75) is 26.7 Å². The molecule has 0 aliphatic carbocycles. The van der Waals surface area contributed by atoms with E-state index in [1.807, 2.05) is 12.1 Å². The van der Waals surface area contributed by atoms with Crippen LogP contribution in [0.3, 0.4) is 0 Å². The van der Waals surface area contributed by atoms with Gasteiger partial charge in [0.15, 0.2) is 0 Å². The molecule has 0 unspecified atom stereocenters. The van der Waals surface area contributed by atoms with E-state index >= 15 is 0 Å². The summed E-state index contributed by atoms with van der Waals surface area (Å²) >= 11 is 0. The second-order valence-electron chi connectivity index (χ2n) is 3.94. The fourth-order valence-corrected chi connectivity index (χ4v) is 1.75. The van der Waals surface area contributed by atoms with Crippen molar-refractivity contribution in [3.05, 3.63) is 24.3 Å². The minimum Gasteiger partial charge on any atom is -0.497 e. The van der Waals surface area contributed by atoms with Crippen LogP contribution in [0.1, 0.15) is 26.7 Å². The molecule has 16 heavy (non-hydrogen) atoms. The Bertz CT molecular complexity index is 298. The van der Waals surface area contributed by atoms with Gasteiger partial charge < -0.3 is 9.55 Å². The molecule has 3 heteroatoms. The van der Waals surface area contributed by atoms with Gasteiger partial charge in [0.05, 0.1) is 7.11 Å². The molecule has 2 nitrogen and oxygen atoms in total. The van der Waals surface area contributed by atoms with E-state index in [1.165, 1.54) is 18.3 Å². The molecule has 1 radical (unpaired) electrons. The SMILES string of the molecule is CCCN([B]c1cccc(OC)c1)CCC. The summed E-state index contributed by atoms with van der Waals surface area (Å²) in [4.78, 5) is 2.37. The topological polar surface area (TPSA) is 12.5 Å². The molecule has 1 aromatic rings. The Kier molecular flexibility index (Phi) is 6.01. The third kappa shape index (κ3) is 4.27. The summed E-state index contributed by atoms with van der Waals surface area (Å²) in [6.45, 7) is 6.65. The van der Waals surface area contributed by atoms with Gasteiger partial charge in [0.2, 0.25) is 7.41 Å².